The number of amides is 1. The molecule has 23 heavy (non-hydrogen) atoms. The van der Waals surface area contributed by atoms with Gasteiger partial charge in [-0.25, -0.2) is 13.8 Å². The number of hydrogen-bond donors (Lipinski definition) is 0. The quantitative estimate of drug-likeness (QED) is 0.829. The number of nitrogens with zero attached hydrogens (tertiary/aromatic N) is 2. The number of hydrogen-bond acceptors (Lipinski definition) is 3. The summed E-state index contributed by atoms with van der Waals surface area (Å²) in [5.74, 6) is -1.59. The molecule has 0 aromatic heterocycles. The Morgan fingerprint density at radius 3 is 2.30 bits per heavy atom. The van der Waals surface area contributed by atoms with Crippen molar-refractivity contribution in [1.29, 1.82) is 0 Å². The molecule has 0 radical (unpaired) electrons. The van der Waals surface area contributed by atoms with Gasteiger partial charge in [0.25, 0.3) is 0 Å². The Kier molecular flexibility index (Phi) is 3.93. The van der Waals surface area contributed by atoms with Crippen molar-refractivity contribution in [1.82, 2.24) is 5.01 Å². The fourth-order valence-corrected chi connectivity index (χ4v) is 3.78. The van der Waals surface area contributed by atoms with E-state index < -0.39 is 16.5 Å². The molecule has 2 aromatic rings. The van der Waals surface area contributed by atoms with Crippen LogP contribution in [0.4, 0.5) is 8.78 Å². The van der Waals surface area contributed by atoms with Crippen LogP contribution in [0.3, 0.4) is 0 Å². The summed E-state index contributed by atoms with van der Waals surface area (Å²) in [6.07, 6.45) is 0. The molecule has 0 saturated heterocycles. The number of hydrazone groups is 1. The molecule has 0 fully saturated rings. The van der Waals surface area contributed by atoms with Crippen molar-refractivity contribution >= 4 is 22.7 Å². The minimum absolute atomic E-state index is 0.240. The third-order valence-electron chi connectivity index (χ3n) is 3.61. The summed E-state index contributed by atoms with van der Waals surface area (Å²) < 4.78 is 26.9. The first-order valence-corrected chi connectivity index (χ1v) is 7.82. The molecule has 0 bridgehead atoms. The van der Waals surface area contributed by atoms with Gasteiger partial charge in [0, 0.05) is 18.6 Å². The first-order valence-electron chi connectivity index (χ1n) is 7.00. The Bertz CT molecular complexity index is 774. The van der Waals surface area contributed by atoms with Gasteiger partial charge in [0.15, 0.2) is 0 Å². The van der Waals surface area contributed by atoms with Crippen LogP contribution in [0, 0.1) is 11.6 Å². The summed E-state index contributed by atoms with van der Waals surface area (Å²) in [5, 5.41) is 6.06. The average molecular weight is 332 g/mol. The Labute approximate surface area is 137 Å². The van der Waals surface area contributed by atoms with Crippen LogP contribution in [0.25, 0.3) is 0 Å². The largest absolute Gasteiger partial charge is 0.273 e. The topological polar surface area (TPSA) is 32.7 Å². The zero-order chi connectivity index (χ0) is 16.6. The zero-order valence-corrected chi connectivity index (χ0v) is 13.4. The second kappa shape index (κ2) is 5.77. The number of benzene rings is 2. The highest BCUT2D eigenvalue weighted by Crippen LogP contribution is 2.46. The van der Waals surface area contributed by atoms with E-state index in [-0.39, 0.29) is 5.91 Å². The highest BCUT2D eigenvalue weighted by atomic mass is 32.2. The Morgan fingerprint density at radius 1 is 1.13 bits per heavy atom. The van der Waals surface area contributed by atoms with E-state index in [1.54, 1.807) is 0 Å². The molecular weight excluding hydrogens is 318 g/mol. The van der Waals surface area contributed by atoms with Crippen molar-refractivity contribution in [2.75, 3.05) is 0 Å². The van der Waals surface area contributed by atoms with E-state index >= 15 is 0 Å². The fourth-order valence-electron chi connectivity index (χ4n) is 2.53. The minimum Gasteiger partial charge on any atom is -0.273 e. The van der Waals surface area contributed by atoms with Crippen molar-refractivity contribution in [2.24, 2.45) is 5.10 Å². The van der Waals surface area contributed by atoms with E-state index in [2.05, 4.69) is 5.10 Å². The molecule has 0 N–H and O–H groups in total. The predicted octanol–water partition coefficient (Wildman–Crippen LogP) is 4.09. The molecule has 118 valence electrons. The summed E-state index contributed by atoms with van der Waals surface area (Å²) in [6.45, 7) is 3.28. The second-order valence-corrected chi connectivity index (χ2v) is 6.73. The molecule has 1 atom stereocenters. The molecular formula is C17H14F2N2OS. The van der Waals surface area contributed by atoms with E-state index in [0.29, 0.717) is 10.6 Å². The molecule has 6 heteroatoms. The smallest absolute Gasteiger partial charge is 0.241 e. The fraction of sp³-hybridized carbons (Fsp3) is 0.176. The summed E-state index contributed by atoms with van der Waals surface area (Å²) in [6, 6.07) is 12.7. The Balaban J connectivity index is 2.05. The Morgan fingerprint density at radius 2 is 1.74 bits per heavy atom. The van der Waals surface area contributed by atoms with Crippen molar-refractivity contribution in [3.05, 3.63) is 71.3 Å². The maximum Gasteiger partial charge on any atom is 0.241 e. The van der Waals surface area contributed by atoms with Crippen molar-refractivity contribution < 1.29 is 13.6 Å². The van der Waals surface area contributed by atoms with E-state index in [4.69, 9.17) is 0 Å². The number of carbonyl (C=O) groups excluding carboxylic acids is 1. The first-order chi connectivity index (χ1) is 10.9. The highest BCUT2D eigenvalue weighted by Gasteiger charge is 2.43. The van der Waals surface area contributed by atoms with Gasteiger partial charge in [0.2, 0.25) is 5.91 Å². The van der Waals surface area contributed by atoms with Gasteiger partial charge in [-0.05, 0) is 24.6 Å². The van der Waals surface area contributed by atoms with Crippen LogP contribution < -0.4 is 0 Å². The molecule has 1 heterocycles. The predicted molar refractivity (Wildman–Crippen MR) is 86.8 cm³/mol. The summed E-state index contributed by atoms with van der Waals surface area (Å²) in [5.41, 5.74) is 1.20. The summed E-state index contributed by atoms with van der Waals surface area (Å²) in [4.78, 5) is 11.2. The van der Waals surface area contributed by atoms with Crippen LogP contribution in [0.1, 0.15) is 25.0 Å². The third-order valence-corrected chi connectivity index (χ3v) is 4.92. The second-order valence-electron chi connectivity index (χ2n) is 5.35. The van der Waals surface area contributed by atoms with Crippen LogP contribution in [0.5, 0.6) is 0 Å². The molecule has 3 nitrogen and oxygen atoms in total. The zero-order valence-electron chi connectivity index (χ0n) is 12.6. The molecule has 2 aromatic carbocycles. The number of carbonyl (C=O) groups is 1. The van der Waals surface area contributed by atoms with Gasteiger partial charge < -0.3 is 0 Å². The molecule has 1 unspecified atom stereocenters. The van der Waals surface area contributed by atoms with Crippen LogP contribution in [0.15, 0.2) is 53.6 Å². The average Bonchev–Trinajstić information content (AvgIpc) is 2.87. The lowest BCUT2D eigenvalue weighted by Gasteiger charge is -2.31. The molecule has 3 rings (SSSR count). The summed E-state index contributed by atoms with van der Waals surface area (Å²) in [7, 11) is 0. The maximum absolute atomic E-state index is 13.5. The van der Waals surface area contributed by atoms with Crippen LogP contribution >= 0.6 is 11.8 Å². The lowest BCUT2D eigenvalue weighted by Crippen LogP contribution is -2.37. The van der Waals surface area contributed by atoms with Crippen LogP contribution in [0.2, 0.25) is 0 Å². The SMILES string of the molecule is CC(=O)N1N=C(c2cc(F)cc(F)c2)SC1(C)c1ccccc1. The molecule has 0 aliphatic carbocycles. The number of thioether (sulfide) groups is 1. The molecule has 1 aliphatic rings. The molecule has 0 saturated carbocycles. The minimum atomic E-state index is -0.759. The van der Waals surface area contributed by atoms with E-state index in [1.807, 2.05) is 37.3 Å². The highest BCUT2D eigenvalue weighted by molar-refractivity contribution is 8.15. The lowest BCUT2D eigenvalue weighted by molar-refractivity contribution is -0.131. The van der Waals surface area contributed by atoms with Crippen LogP contribution in [-0.4, -0.2) is 16.0 Å². The third kappa shape index (κ3) is 2.86. The first kappa shape index (κ1) is 15.7. The van der Waals surface area contributed by atoms with E-state index in [9.17, 15) is 13.6 Å². The molecule has 1 amide bonds. The van der Waals surface area contributed by atoms with Crippen molar-refractivity contribution in [2.45, 2.75) is 18.7 Å². The lowest BCUT2D eigenvalue weighted by atomic mass is 10.1. The molecule has 0 spiro atoms. The van der Waals surface area contributed by atoms with Crippen LogP contribution in [-0.2, 0) is 9.67 Å². The monoisotopic (exact) mass is 332 g/mol. The standard InChI is InChI=1S/C17H14F2N2OS/c1-11(22)21-17(2,13-6-4-3-5-7-13)23-16(20-21)12-8-14(18)10-15(19)9-12/h3-10H,1-2H3. The van der Waals surface area contributed by atoms with Gasteiger partial charge in [0.05, 0.1) is 0 Å². The van der Waals surface area contributed by atoms with Gasteiger partial charge in [-0.15, -0.1) is 0 Å². The van der Waals surface area contributed by atoms with Crippen molar-refractivity contribution in [3.63, 3.8) is 0 Å². The van der Waals surface area contributed by atoms with Gasteiger partial charge in [-0.2, -0.15) is 5.10 Å². The summed E-state index contributed by atoms with van der Waals surface area (Å²) >= 11 is 1.29. The van der Waals surface area contributed by atoms with Gasteiger partial charge in [-0.3, -0.25) is 4.79 Å². The maximum atomic E-state index is 13.5. The van der Waals surface area contributed by atoms with Gasteiger partial charge >= 0.3 is 0 Å². The Hall–Kier alpha value is -2.21. The number of rotatable bonds is 2. The van der Waals surface area contributed by atoms with Gasteiger partial charge in [0.1, 0.15) is 21.5 Å². The number of halogens is 2. The van der Waals surface area contributed by atoms with Gasteiger partial charge in [-0.1, -0.05) is 42.1 Å². The van der Waals surface area contributed by atoms with E-state index in [0.717, 1.165) is 11.6 Å². The molecule has 1 aliphatic heterocycles. The van der Waals surface area contributed by atoms with E-state index in [1.165, 1.54) is 35.8 Å². The normalized spacial score (nSPS) is 20.5. The van der Waals surface area contributed by atoms with Crippen molar-refractivity contribution in [3.8, 4) is 0 Å².